The molecular weight excluding hydrogens is 258 g/mol. The van der Waals surface area contributed by atoms with E-state index in [9.17, 15) is 5.11 Å². The molecule has 0 aliphatic carbocycles. The van der Waals surface area contributed by atoms with Gasteiger partial charge >= 0.3 is 0 Å². The number of hydrogen-bond acceptors (Lipinski definition) is 2. The Morgan fingerprint density at radius 3 is 2.29 bits per heavy atom. The first kappa shape index (κ1) is 15.3. The van der Waals surface area contributed by atoms with Crippen LogP contribution in [0, 0.1) is 0 Å². The van der Waals surface area contributed by atoms with Gasteiger partial charge < -0.3 is 10.0 Å². The SMILES string of the molecule is CN(C)c1ccc(/C=C/C(O)CCc2ccccc2)cc1. The number of nitrogens with zero attached hydrogens (tertiary/aromatic N) is 1. The minimum absolute atomic E-state index is 0.404. The van der Waals surface area contributed by atoms with Gasteiger partial charge in [-0.2, -0.15) is 0 Å². The summed E-state index contributed by atoms with van der Waals surface area (Å²) in [6, 6.07) is 18.6. The molecule has 2 nitrogen and oxygen atoms in total. The van der Waals surface area contributed by atoms with Gasteiger partial charge in [0.05, 0.1) is 6.10 Å². The summed E-state index contributed by atoms with van der Waals surface area (Å²) < 4.78 is 0. The van der Waals surface area contributed by atoms with E-state index in [4.69, 9.17) is 0 Å². The van der Waals surface area contributed by atoms with E-state index in [0.29, 0.717) is 0 Å². The summed E-state index contributed by atoms with van der Waals surface area (Å²) in [5.74, 6) is 0. The van der Waals surface area contributed by atoms with Gasteiger partial charge in [-0.05, 0) is 36.1 Å². The molecule has 1 atom stereocenters. The predicted molar refractivity (Wildman–Crippen MR) is 90.6 cm³/mol. The van der Waals surface area contributed by atoms with Gasteiger partial charge in [-0.25, -0.2) is 0 Å². The second kappa shape index (κ2) is 7.65. The van der Waals surface area contributed by atoms with E-state index in [0.717, 1.165) is 18.4 Å². The van der Waals surface area contributed by atoms with Crippen LogP contribution in [0.4, 0.5) is 5.69 Å². The van der Waals surface area contributed by atoms with Gasteiger partial charge in [0.1, 0.15) is 0 Å². The Hall–Kier alpha value is -2.06. The summed E-state index contributed by atoms with van der Waals surface area (Å²) in [4.78, 5) is 2.07. The Labute approximate surface area is 127 Å². The summed E-state index contributed by atoms with van der Waals surface area (Å²) in [5.41, 5.74) is 3.55. The van der Waals surface area contributed by atoms with Crippen molar-refractivity contribution in [2.45, 2.75) is 18.9 Å². The second-order valence-corrected chi connectivity index (χ2v) is 5.44. The van der Waals surface area contributed by atoms with E-state index in [1.54, 1.807) is 0 Å². The fourth-order valence-corrected chi connectivity index (χ4v) is 2.16. The molecule has 0 bridgehead atoms. The van der Waals surface area contributed by atoms with Crippen LogP contribution in [0.2, 0.25) is 0 Å². The average molecular weight is 281 g/mol. The molecule has 21 heavy (non-hydrogen) atoms. The van der Waals surface area contributed by atoms with Gasteiger partial charge in [-0.3, -0.25) is 0 Å². The van der Waals surface area contributed by atoms with Crippen LogP contribution in [0.25, 0.3) is 6.08 Å². The molecule has 2 aromatic carbocycles. The van der Waals surface area contributed by atoms with Crippen LogP contribution in [0.1, 0.15) is 17.5 Å². The first-order valence-corrected chi connectivity index (χ1v) is 7.33. The zero-order chi connectivity index (χ0) is 15.1. The van der Waals surface area contributed by atoms with E-state index in [1.165, 1.54) is 11.3 Å². The molecule has 0 aliphatic rings. The van der Waals surface area contributed by atoms with E-state index < -0.39 is 6.10 Å². The number of rotatable bonds is 6. The third kappa shape index (κ3) is 5.09. The van der Waals surface area contributed by atoms with Gasteiger partial charge in [0.15, 0.2) is 0 Å². The van der Waals surface area contributed by atoms with Crippen LogP contribution in [0.3, 0.4) is 0 Å². The Morgan fingerprint density at radius 1 is 1.00 bits per heavy atom. The first-order chi connectivity index (χ1) is 10.1. The van der Waals surface area contributed by atoms with E-state index in [1.807, 2.05) is 44.4 Å². The van der Waals surface area contributed by atoms with E-state index >= 15 is 0 Å². The molecule has 0 aromatic heterocycles. The van der Waals surface area contributed by atoms with Gasteiger partial charge in [-0.1, -0.05) is 54.6 Å². The highest BCUT2D eigenvalue weighted by Gasteiger charge is 2.00. The molecule has 0 saturated carbocycles. The zero-order valence-corrected chi connectivity index (χ0v) is 12.7. The maximum absolute atomic E-state index is 10.0. The zero-order valence-electron chi connectivity index (χ0n) is 12.7. The average Bonchev–Trinajstić information content (AvgIpc) is 2.52. The summed E-state index contributed by atoms with van der Waals surface area (Å²) in [5, 5.41) is 10.0. The number of aryl methyl sites for hydroxylation is 1. The number of benzene rings is 2. The second-order valence-electron chi connectivity index (χ2n) is 5.44. The molecule has 0 heterocycles. The van der Waals surface area contributed by atoms with Crippen molar-refractivity contribution in [1.82, 2.24) is 0 Å². The van der Waals surface area contributed by atoms with Gasteiger partial charge in [-0.15, -0.1) is 0 Å². The Kier molecular flexibility index (Phi) is 5.59. The molecule has 2 rings (SSSR count). The quantitative estimate of drug-likeness (QED) is 0.871. The fraction of sp³-hybridized carbons (Fsp3) is 0.263. The lowest BCUT2D eigenvalue weighted by molar-refractivity contribution is 0.214. The van der Waals surface area contributed by atoms with Gasteiger partial charge in [0, 0.05) is 19.8 Å². The highest BCUT2D eigenvalue weighted by atomic mass is 16.3. The highest BCUT2D eigenvalue weighted by Crippen LogP contribution is 2.14. The minimum atomic E-state index is -0.404. The van der Waals surface area contributed by atoms with Crippen LogP contribution < -0.4 is 4.90 Å². The summed E-state index contributed by atoms with van der Waals surface area (Å²) in [6.07, 6.45) is 5.09. The number of anilines is 1. The topological polar surface area (TPSA) is 23.5 Å². The lowest BCUT2D eigenvalue weighted by Crippen LogP contribution is -2.08. The van der Waals surface area contributed by atoms with Crippen LogP contribution in [0.5, 0.6) is 0 Å². The fourth-order valence-electron chi connectivity index (χ4n) is 2.16. The molecule has 0 radical (unpaired) electrons. The predicted octanol–water partition coefficient (Wildman–Crippen LogP) is 3.76. The summed E-state index contributed by atoms with van der Waals surface area (Å²) in [7, 11) is 4.05. The molecule has 0 amide bonds. The maximum Gasteiger partial charge on any atom is 0.0727 e. The molecule has 2 aromatic rings. The lowest BCUT2D eigenvalue weighted by atomic mass is 10.1. The van der Waals surface area contributed by atoms with Crippen molar-refractivity contribution >= 4 is 11.8 Å². The van der Waals surface area contributed by atoms with Crippen molar-refractivity contribution in [3.8, 4) is 0 Å². The molecule has 110 valence electrons. The minimum Gasteiger partial charge on any atom is -0.389 e. The molecule has 0 aliphatic heterocycles. The number of aliphatic hydroxyl groups excluding tert-OH is 1. The number of aliphatic hydroxyl groups is 1. The third-order valence-electron chi connectivity index (χ3n) is 3.49. The molecule has 0 fully saturated rings. The largest absolute Gasteiger partial charge is 0.389 e. The summed E-state index contributed by atoms with van der Waals surface area (Å²) >= 11 is 0. The Bertz CT molecular complexity index is 558. The molecule has 1 unspecified atom stereocenters. The first-order valence-electron chi connectivity index (χ1n) is 7.33. The van der Waals surface area contributed by atoms with Crippen molar-refractivity contribution in [2.24, 2.45) is 0 Å². The summed E-state index contributed by atoms with van der Waals surface area (Å²) in [6.45, 7) is 0. The number of hydrogen-bond donors (Lipinski definition) is 1. The lowest BCUT2D eigenvalue weighted by Gasteiger charge is -2.12. The van der Waals surface area contributed by atoms with Crippen molar-refractivity contribution < 1.29 is 5.11 Å². The monoisotopic (exact) mass is 281 g/mol. The Morgan fingerprint density at radius 2 is 1.67 bits per heavy atom. The smallest absolute Gasteiger partial charge is 0.0727 e. The maximum atomic E-state index is 10.0. The van der Waals surface area contributed by atoms with Crippen molar-refractivity contribution in [1.29, 1.82) is 0 Å². The molecule has 0 saturated heterocycles. The van der Waals surface area contributed by atoms with Crippen LogP contribution >= 0.6 is 0 Å². The Balaban J connectivity index is 1.85. The van der Waals surface area contributed by atoms with Crippen LogP contribution in [-0.2, 0) is 6.42 Å². The van der Waals surface area contributed by atoms with Crippen molar-refractivity contribution in [2.75, 3.05) is 19.0 Å². The van der Waals surface area contributed by atoms with Crippen LogP contribution in [-0.4, -0.2) is 25.3 Å². The van der Waals surface area contributed by atoms with Crippen molar-refractivity contribution in [3.05, 3.63) is 71.8 Å². The molecule has 0 spiro atoms. The van der Waals surface area contributed by atoms with Crippen molar-refractivity contribution in [3.63, 3.8) is 0 Å². The third-order valence-corrected chi connectivity index (χ3v) is 3.49. The van der Waals surface area contributed by atoms with Crippen LogP contribution in [0.15, 0.2) is 60.7 Å². The molecular formula is C19H23NO. The molecule has 2 heteroatoms. The standard InChI is InChI=1S/C19H23NO/c1-20(2)18-12-8-17(9-13-18)11-15-19(21)14-10-16-6-4-3-5-7-16/h3-9,11-13,15,19,21H,10,14H2,1-2H3/b15-11+. The van der Waals surface area contributed by atoms with E-state index in [2.05, 4.69) is 41.3 Å². The normalized spacial score (nSPS) is 12.5. The highest BCUT2D eigenvalue weighted by molar-refractivity contribution is 5.55. The van der Waals surface area contributed by atoms with Gasteiger partial charge in [0.25, 0.3) is 0 Å². The van der Waals surface area contributed by atoms with Gasteiger partial charge in [0.2, 0.25) is 0 Å². The van der Waals surface area contributed by atoms with E-state index in [-0.39, 0.29) is 0 Å². The molecule has 1 N–H and O–H groups in total.